The predicted molar refractivity (Wildman–Crippen MR) is 75.3 cm³/mol. The van der Waals surface area contributed by atoms with Gasteiger partial charge < -0.3 is 15.3 Å². The van der Waals surface area contributed by atoms with Gasteiger partial charge in [0.25, 0.3) is 0 Å². The minimum atomic E-state index is -0.134. The Bertz CT molecular complexity index is 482. The van der Waals surface area contributed by atoms with Gasteiger partial charge in [0.05, 0.1) is 6.42 Å². The third-order valence-electron chi connectivity index (χ3n) is 3.40. The van der Waals surface area contributed by atoms with Crippen molar-refractivity contribution in [3.05, 3.63) is 29.8 Å². The lowest BCUT2D eigenvalue weighted by molar-refractivity contribution is -0.130. The number of carbonyl (C=O) groups excluding carboxylic acids is 2. The Morgan fingerprint density at radius 1 is 1.25 bits per heavy atom. The molecule has 1 fully saturated rings. The van der Waals surface area contributed by atoms with Gasteiger partial charge in [-0.3, -0.25) is 9.59 Å². The van der Waals surface area contributed by atoms with Crippen LogP contribution in [0.15, 0.2) is 24.3 Å². The summed E-state index contributed by atoms with van der Waals surface area (Å²) >= 11 is 0. The summed E-state index contributed by atoms with van der Waals surface area (Å²) in [5, 5.41) is 12.1. The standard InChI is InChI=1S/C15H20N2O3/c18-13-5-3-4-12(10-13)11-14(19)16-7-6-15(20)17-8-1-2-9-17/h3-5,10,18H,1-2,6-9,11H2,(H,16,19). The van der Waals surface area contributed by atoms with Crippen LogP contribution in [-0.2, 0) is 16.0 Å². The summed E-state index contributed by atoms with van der Waals surface area (Å²) in [4.78, 5) is 25.3. The SMILES string of the molecule is O=C(Cc1cccc(O)c1)NCCC(=O)N1CCCC1. The average molecular weight is 276 g/mol. The van der Waals surface area contributed by atoms with E-state index in [2.05, 4.69) is 5.32 Å². The highest BCUT2D eigenvalue weighted by Crippen LogP contribution is 2.11. The fourth-order valence-electron chi connectivity index (χ4n) is 2.35. The fraction of sp³-hybridized carbons (Fsp3) is 0.467. The number of hydrogen-bond acceptors (Lipinski definition) is 3. The molecule has 20 heavy (non-hydrogen) atoms. The highest BCUT2D eigenvalue weighted by Gasteiger charge is 2.17. The lowest BCUT2D eigenvalue weighted by atomic mass is 10.1. The van der Waals surface area contributed by atoms with Crippen molar-refractivity contribution in [2.75, 3.05) is 19.6 Å². The number of aromatic hydroxyl groups is 1. The molecule has 1 aromatic carbocycles. The first-order chi connectivity index (χ1) is 9.65. The minimum Gasteiger partial charge on any atom is -0.508 e. The lowest BCUT2D eigenvalue weighted by Crippen LogP contribution is -2.33. The van der Waals surface area contributed by atoms with Crippen molar-refractivity contribution in [2.45, 2.75) is 25.7 Å². The summed E-state index contributed by atoms with van der Waals surface area (Å²) in [6, 6.07) is 6.62. The molecule has 5 nitrogen and oxygen atoms in total. The first-order valence-corrected chi connectivity index (χ1v) is 6.97. The Morgan fingerprint density at radius 3 is 2.70 bits per heavy atom. The van der Waals surface area contributed by atoms with Gasteiger partial charge in [-0.25, -0.2) is 0 Å². The zero-order chi connectivity index (χ0) is 14.4. The van der Waals surface area contributed by atoms with E-state index in [0.29, 0.717) is 13.0 Å². The van der Waals surface area contributed by atoms with E-state index < -0.39 is 0 Å². The van der Waals surface area contributed by atoms with Crippen molar-refractivity contribution in [3.63, 3.8) is 0 Å². The molecule has 1 aromatic rings. The molecule has 1 saturated heterocycles. The molecule has 0 saturated carbocycles. The van der Waals surface area contributed by atoms with Crippen molar-refractivity contribution < 1.29 is 14.7 Å². The highest BCUT2D eigenvalue weighted by molar-refractivity contribution is 5.80. The zero-order valence-corrected chi connectivity index (χ0v) is 11.5. The molecule has 0 radical (unpaired) electrons. The van der Waals surface area contributed by atoms with E-state index in [0.717, 1.165) is 31.5 Å². The maximum Gasteiger partial charge on any atom is 0.224 e. The molecular weight excluding hydrogens is 256 g/mol. The zero-order valence-electron chi connectivity index (χ0n) is 11.5. The van der Waals surface area contributed by atoms with Crippen molar-refractivity contribution in [3.8, 4) is 5.75 Å². The van der Waals surface area contributed by atoms with Gasteiger partial charge in [-0.2, -0.15) is 0 Å². The van der Waals surface area contributed by atoms with Crippen LogP contribution >= 0.6 is 0 Å². The fourth-order valence-corrected chi connectivity index (χ4v) is 2.35. The Balaban J connectivity index is 1.68. The molecule has 2 rings (SSSR count). The third-order valence-corrected chi connectivity index (χ3v) is 3.40. The van der Waals surface area contributed by atoms with Crippen LogP contribution in [0.1, 0.15) is 24.8 Å². The van der Waals surface area contributed by atoms with Gasteiger partial charge in [-0.05, 0) is 30.5 Å². The van der Waals surface area contributed by atoms with Crippen LogP contribution in [0.5, 0.6) is 5.75 Å². The maximum atomic E-state index is 11.8. The number of phenols is 1. The first-order valence-electron chi connectivity index (χ1n) is 6.97. The Kier molecular flexibility index (Phi) is 4.98. The van der Waals surface area contributed by atoms with Gasteiger partial charge in [-0.15, -0.1) is 0 Å². The predicted octanol–water partition coefficient (Wildman–Crippen LogP) is 1.06. The molecule has 0 aromatic heterocycles. The summed E-state index contributed by atoms with van der Waals surface area (Å²) < 4.78 is 0. The quantitative estimate of drug-likeness (QED) is 0.845. The van der Waals surface area contributed by atoms with Gasteiger partial charge in [0.2, 0.25) is 11.8 Å². The number of nitrogens with one attached hydrogen (secondary N) is 1. The number of likely N-dealkylation sites (tertiary alicyclic amines) is 1. The number of hydrogen-bond donors (Lipinski definition) is 2. The Morgan fingerprint density at radius 2 is 2.00 bits per heavy atom. The van der Waals surface area contributed by atoms with Crippen molar-refractivity contribution in [2.24, 2.45) is 0 Å². The van der Waals surface area contributed by atoms with Crippen LogP contribution in [0.2, 0.25) is 0 Å². The van der Waals surface area contributed by atoms with Crippen molar-refractivity contribution >= 4 is 11.8 Å². The average Bonchev–Trinajstić information content (AvgIpc) is 2.92. The van der Waals surface area contributed by atoms with Crippen LogP contribution in [0.4, 0.5) is 0 Å². The van der Waals surface area contributed by atoms with E-state index in [1.54, 1.807) is 24.3 Å². The van der Waals surface area contributed by atoms with Crippen molar-refractivity contribution in [1.29, 1.82) is 0 Å². The van der Waals surface area contributed by atoms with Crippen LogP contribution in [0.25, 0.3) is 0 Å². The van der Waals surface area contributed by atoms with Crippen LogP contribution in [-0.4, -0.2) is 41.5 Å². The number of rotatable bonds is 5. The van der Waals surface area contributed by atoms with Gasteiger partial charge in [0.1, 0.15) is 5.75 Å². The molecule has 0 aliphatic carbocycles. The number of phenolic OH excluding ortho intramolecular Hbond substituents is 1. The second-order valence-corrected chi connectivity index (χ2v) is 5.03. The summed E-state index contributed by atoms with van der Waals surface area (Å²) in [7, 11) is 0. The van der Waals surface area contributed by atoms with Crippen molar-refractivity contribution in [1.82, 2.24) is 10.2 Å². The number of nitrogens with zero attached hydrogens (tertiary/aromatic N) is 1. The van der Waals surface area contributed by atoms with E-state index in [4.69, 9.17) is 0 Å². The smallest absolute Gasteiger partial charge is 0.224 e. The summed E-state index contributed by atoms with van der Waals surface area (Å²) in [6.45, 7) is 2.05. The molecule has 2 N–H and O–H groups in total. The normalized spacial score (nSPS) is 14.3. The Labute approximate surface area is 118 Å². The van der Waals surface area contributed by atoms with E-state index in [1.807, 2.05) is 4.90 Å². The summed E-state index contributed by atoms with van der Waals surface area (Å²) in [5.74, 6) is 0.129. The minimum absolute atomic E-state index is 0.111. The molecular formula is C15H20N2O3. The largest absolute Gasteiger partial charge is 0.508 e. The molecule has 0 bridgehead atoms. The number of amides is 2. The molecule has 1 aliphatic rings. The van der Waals surface area contributed by atoms with Gasteiger partial charge in [0, 0.05) is 26.1 Å². The van der Waals surface area contributed by atoms with E-state index in [9.17, 15) is 14.7 Å². The highest BCUT2D eigenvalue weighted by atomic mass is 16.3. The molecule has 1 aliphatic heterocycles. The van der Waals surface area contributed by atoms with Crippen LogP contribution < -0.4 is 5.32 Å². The monoisotopic (exact) mass is 276 g/mol. The topological polar surface area (TPSA) is 69.6 Å². The molecule has 0 atom stereocenters. The third kappa shape index (κ3) is 4.26. The molecule has 1 heterocycles. The molecule has 108 valence electrons. The molecule has 0 unspecified atom stereocenters. The second-order valence-electron chi connectivity index (χ2n) is 5.03. The molecule has 5 heteroatoms. The first kappa shape index (κ1) is 14.4. The van der Waals surface area contributed by atoms with Gasteiger partial charge in [-0.1, -0.05) is 12.1 Å². The van der Waals surface area contributed by atoms with Gasteiger partial charge >= 0.3 is 0 Å². The summed E-state index contributed by atoms with van der Waals surface area (Å²) in [5.41, 5.74) is 0.758. The number of carbonyl (C=O) groups is 2. The summed E-state index contributed by atoms with van der Waals surface area (Å²) in [6.07, 6.45) is 2.73. The van der Waals surface area contributed by atoms with E-state index in [-0.39, 0.29) is 24.0 Å². The molecule has 0 spiro atoms. The Hall–Kier alpha value is -2.04. The van der Waals surface area contributed by atoms with Gasteiger partial charge in [0.15, 0.2) is 0 Å². The maximum absolute atomic E-state index is 11.8. The van der Waals surface area contributed by atoms with Crippen LogP contribution in [0, 0.1) is 0 Å². The number of benzene rings is 1. The van der Waals surface area contributed by atoms with E-state index >= 15 is 0 Å². The van der Waals surface area contributed by atoms with Crippen LogP contribution in [0.3, 0.4) is 0 Å². The molecule has 2 amide bonds. The van der Waals surface area contributed by atoms with E-state index in [1.165, 1.54) is 0 Å². The lowest BCUT2D eigenvalue weighted by Gasteiger charge is -2.15. The second kappa shape index (κ2) is 6.93.